The zero-order valence-corrected chi connectivity index (χ0v) is 17.9. The number of likely N-dealkylation sites (tertiary alicyclic amines) is 1. The highest BCUT2D eigenvalue weighted by molar-refractivity contribution is 6.04. The molecule has 1 aliphatic carbocycles. The van der Waals surface area contributed by atoms with Gasteiger partial charge in [-0.25, -0.2) is 0 Å². The summed E-state index contributed by atoms with van der Waals surface area (Å²) >= 11 is 0. The molecular formula is C23H24N8O2. The first-order chi connectivity index (χ1) is 16.2. The predicted molar refractivity (Wildman–Crippen MR) is 121 cm³/mol. The van der Waals surface area contributed by atoms with Gasteiger partial charge in [-0.3, -0.25) is 24.5 Å². The Hall–Kier alpha value is -3.76. The van der Waals surface area contributed by atoms with E-state index < -0.39 is 0 Å². The summed E-state index contributed by atoms with van der Waals surface area (Å²) in [7, 11) is 0. The lowest BCUT2D eigenvalue weighted by Crippen LogP contribution is -2.51. The molecule has 1 saturated heterocycles. The molecule has 5 heterocycles. The van der Waals surface area contributed by atoms with Crippen LogP contribution in [0.2, 0.25) is 0 Å². The number of nitrogens with zero attached hydrogens (tertiary/aromatic N) is 5. The Labute approximate surface area is 190 Å². The van der Waals surface area contributed by atoms with Gasteiger partial charge in [-0.2, -0.15) is 10.2 Å². The number of furan rings is 1. The monoisotopic (exact) mass is 444 g/mol. The predicted octanol–water partition coefficient (Wildman–Crippen LogP) is 2.75. The molecule has 0 atom stereocenters. The maximum absolute atomic E-state index is 12.9. The lowest BCUT2D eigenvalue weighted by atomic mass is 10.1. The van der Waals surface area contributed by atoms with E-state index in [2.05, 4.69) is 30.7 Å². The smallest absolute Gasteiger partial charge is 0.291 e. The Kier molecular flexibility index (Phi) is 5.00. The van der Waals surface area contributed by atoms with E-state index >= 15 is 0 Å². The number of pyridine rings is 1. The molecular weight excluding hydrogens is 420 g/mol. The Balaban J connectivity index is 1.20. The number of aromatic amines is 1. The zero-order valence-electron chi connectivity index (χ0n) is 17.9. The maximum Gasteiger partial charge on any atom is 0.291 e. The van der Waals surface area contributed by atoms with Crippen molar-refractivity contribution in [2.75, 3.05) is 25.1 Å². The standard InChI is InChI=1S/C23H24N8O2/c32-23(21-7-6-20(33-21)15-9-26-27-10-15)28-19-13-31(29-22(19)18-3-1-2-8-24-18)17-11-30(12-17)14-25-16-4-5-16/h1-3,6-10,13,16-17,25H,4-5,11-12,14H2,(H,26,27)(H,28,32). The number of hydrogen-bond acceptors (Lipinski definition) is 7. The van der Waals surface area contributed by atoms with E-state index in [0.717, 1.165) is 25.3 Å². The van der Waals surface area contributed by atoms with E-state index in [-0.39, 0.29) is 17.7 Å². The summed E-state index contributed by atoms with van der Waals surface area (Å²) in [5.74, 6) is 0.446. The maximum atomic E-state index is 12.9. The summed E-state index contributed by atoms with van der Waals surface area (Å²) in [6.07, 6.45) is 9.53. The van der Waals surface area contributed by atoms with Crippen LogP contribution < -0.4 is 10.6 Å². The fourth-order valence-corrected chi connectivity index (χ4v) is 3.93. The number of carbonyl (C=O) groups excluding carboxylic acids is 1. The Bertz CT molecular complexity index is 1240. The highest BCUT2D eigenvalue weighted by Crippen LogP contribution is 2.30. The summed E-state index contributed by atoms with van der Waals surface area (Å²) in [5, 5.41) is 17.9. The second kappa shape index (κ2) is 8.30. The van der Waals surface area contributed by atoms with E-state index in [9.17, 15) is 4.79 Å². The fourth-order valence-electron chi connectivity index (χ4n) is 3.93. The van der Waals surface area contributed by atoms with Crippen LogP contribution in [-0.4, -0.2) is 61.6 Å². The molecule has 0 radical (unpaired) electrons. The van der Waals surface area contributed by atoms with Gasteiger partial charge in [0.2, 0.25) is 0 Å². The summed E-state index contributed by atoms with van der Waals surface area (Å²) in [6.45, 7) is 2.75. The van der Waals surface area contributed by atoms with E-state index in [1.54, 1.807) is 30.7 Å². The van der Waals surface area contributed by atoms with Gasteiger partial charge in [-0.1, -0.05) is 6.07 Å². The van der Waals surface area contributed by atoms with Gasteiger partial charge in [0.25, 0.3) is 5.91 Å². The van der Waals surface area contributed by atoms with Gasteiger partial charge in [0, 0.05) is 44.4 Å². The molecule has 1 amide bonds. The normalized spacial score (nSPS) is 16.6. The van der Waals surface area contributed by atoms with Crippen LogP contribution in [0.5, 0.6) is 0 Å². The van der Waals surface area contributed by atoms with Gasteiger partial charge in [-0.15, -0.1) is 0 Å². The summed E-state index contributed by atoms with van der Waals surface area (Å²) < 4.78 is 7.67. The SMILES string of the molecule is O=C(Nc1cn(C2CN(CNC3CC3)C2)nc1-c1ccccn1)c1ccc(-c2cn[nH]c2)o1. The Morgan fingerprint density at radius 3 is 2.88 bits per heavy atom. The average Bonchev–Trinajstić information content (AvgIpc) is 3.21. The first-order valence-corrected chi connectivity index (χ1v) is 11.1. The molecule has 0 aromatic carbocycles. The lowest BCUT2D eigenvalue weighted by molar-refractivity contribution is 0.0889. The second-order valence-corrected chi connectivity index (χ2v) is 8.52. The third-order valence-corrected chi connectivity index (χ3v) is 5.99. The van der Waals surface area contributed by atoms with Crippen molar-refractivity contribution in [2.45, 2.75) is 24.9 Å². The number of H-pyrrole nitrogens is 1. The second-order valence-electron chi connectivity index (χ2n) is 8.52. The van der Waals surface area contributed by atoms with Crippen LogP contribution in [0.3, 0.4) is 0 Å². The summed E-state index contributed by atoms with van der Waals surface area (Å²) in [5.41, 5.74) is 2.73. The van der Waals surface area contributed by atoms with Crippen LogP contribution in [0.1, 0.15) is 29.4 Å². The molecule has 10 nitrogen and oxygen atoms in total. The first-order valence-electron chi connectivity index (χ1n) is 11.1. The molecule has 0 bridgehead atoms. The molecule has 6 rings (SSSR count). The lowest BCUT2D eigenvalue weighted by Gasteiger charge is -2.39. The molecule has 0 unspecified atom stereocenters. The molecule has 1 saturated carbocycles. The van der Waals surface area contributed by atoms with Gasteiger partial charge < -0.3 is 15.1 Å². The van der Waals surface area contributed by atoms with Crippen LogP contribution in [0.25, 0.3) is 22.7 Å². The van der Waals surface area contributed by atoms with Crippen LogP contribution in [0.15, 0.2) is 59.5 Å². The average molecular weight is 444 g/mol. The van der Waals surface area contributed by atoms with E-state index in [1.807, 2.05) is 29.1 Å². The van der Waals surface area contributed by atoms with Crippen molar-refractivity contribution in [3.63, 3.8) is 0 Å². The van der Waals surface area contributed by atoms with Crippen LogP contribution >= 0.6 is 0 Å². The van der Waals surface area contributed by atoms with Crippen molar-refractivity contribution in [2.24, 2.45) is 0 Å². The molecule has 0 spiro atoms. The first kappa shape index (κ1) is 19.9. The fraction of sp³-hybridized carbons (Fsp3) is 0.304. The van der Waals surface area contributed by atoms with Crippen LogP contribution in [0, 0.1) is 0 Å². The van der Waals surface area contributed by atoms with Crippen LogP contribution in [0.4, 0.5) is 5.69 Å². The van der Waals surface area contributed by atoms with Crippen molar-refractivity contribution in [1.29, 1.82) is 0 Å². The Morgan fingerprint density at radius 2 is 2.12 bits per heavy atom. The molecule has 10 heteroatoms. The molecule has 168 valence electrons. The van der Waals surface area contributed by atoms with E-state index in [0.29, 0.717) is 28.9 Å². The number of hydrogen-bond donors (Lipinski definition) is 3. The van der Waals surface area contributed by atoms with Gasteiger partial charge in [0.05, 0.1) is 29.2 Å². The zero-order chi connectivity index (χ0) is 22.2. The minimum atomic E-state index is -0.342. The van der Waals surface area contributed by atoms with Gasteiger partial charge >= 0.3 is 0 Å². The van der Waals surface area contributed by atoms with Crippen molar-refractivity contribution in [1.82, 2.24) is 35.2 Å². The van der Waals surface area contributed by atoms with Crippen molar-refractivity contribution in [3.05, 3.63) is 60.9 Å². The number of carbonyl (C=O) groups is 1. The number of nitrogens with one attached hydrogen (secondary N) is 3. The molecule has 1 aliphatic heterocycles. The number of anilines is 1. The highest BCUT2D eigenvalue weighted by Gasteiger charge is 2.31. The Morgan fingerprint density at radius 1 is 1.21 bits per heavy atom. The van der Waals surface area contributed by atoms with E-state index in [1.165, 1.54) is 12.8 Å². The summed E-state index contributed by atoms with van der Waals surface area (Å²) in [6, 6.07) is 10.0. The van der Waals surface area contributed by atoms with Gasteiger partial charge in [0.15, 0.2) is 5.76 Å². The minimum Gasteiger partial charge on any atom is -0.451 e. The molecule has 3 N–H and O–H groups in total. The number of amides is 1. The molecule has 33 heavy (non-hydrogen) atoms. The molecule has 2 fully saturated rings. The quantitative estimate of drug-likeness (QED) is 0.383. The third-order valence-electron chi connectivity index (χ3n) is 5.99. The largest absolute Gasteiger partial charge is 0.451 e. The van der Waals surface area contributed by atoms with Crippen molar-refractivity contribution in [3.8, 4) is 22.7 Å². The van der Waals surface area contributed by atoms with Gasteiger partial charge in [-0.05, 0) is 37.1 Å². The minimum absolute atomic E-state index is 0.215. The van der Waals surface area contributed by atoms with Crippen LogP contribution in [-0.2, 0) is 0 Å². The topological polar surface area (TPSA) is 117 Å². The third kappa shape index (κ3) is 4.18. The molecule has 4 aromatic heterocycles. The van der Waals surface area contributed by atoms with Crippen molar-refractivity contribution >= 4 is 11.6 Å². The molecule has 2 aliphatic rings. The number of rotatable bonds is 8. The number of aromatic nitrogens is 5. The summed E-state index contributed by atoms with van der Waals surface area (Å²) in [4.78, 5) is 19.7. The van der Waals surface area contributed by atoms with E-state index in [4.69, 9.17) is 9.52 Å². The van der Waals surface area contributed by atoms with Crippen molar-refractivity contribution < 1.29 is 9.21 Å². The highest BCUT2D eigenvalue weighted by atomic mass is 16.3. The molecule has 4 aromatic rings. The van der Waals surface area contributed by atoms with Gasteiger partial charge in [0.1, 0.15) is 11.5 Å².